The van der Waals surface area contributed by atoms with Gasteiger partial charge in [0.1, 0.15) is 17.2 Å². The molecule has 2 rings (SSSR count). The van der Waals surface area contributed by atoms with Crippen LogP contribution in [0.3, 0.4) is 0 Å². The van der Waals surface area contributed by atoms with Gasteiger partial charge in [0.2, 0.25) is 0 Å². The van der Waals surface area contributed by atoms with Crippen molar-refractivity contribution in [2.75, 3.05) is 0 Å². The molecule has 0 saturated heterocycles. The second kappa shape index (κ2) is 5.30. The largest absolute Gasteiger partial charge is 0.461 e. The number of fused-ring (bicyclic) bond motifs is 1. The molecule has 3 nitrogen and oxygen atoms in total. The van der Waals surface area contributed by atoms with E-state index in [1.165, 1.54) is 12.1 Å². The van der Waals surface area contributed by atoms with Gasteiger partial charge in [-0.1, -0.05) is 6.92 Å². The molecule has 0 aliphatic rings. The fourth-order valence-electron chi connectivity index (χ4n) is 2.59. The van der Waals surface area contributed by atoms with Gasteiger partial charge in [-0.15, -0.1) is 0 Å². The van der Waals surface area contributed by atoms with Crippen LogP contribution in [-0.2, 0) is 11.0 Å². The summed E-state index contributed by atoms with van der Waals surface area (Å²) < 4.78 is 30.2. The molecule has 110 valence electrons. The smallest absolute Gasteiger partial charge is 0.134 e. The van der Waals surface area contributed by atoms with Crippen molar-refractivity contribution in [1.82, 2.24) is 0 Å². The van der Waals surface area contributed by atoms with E-state index in [0.717, 1.165) is 16.7 Å². The number of furan rings is 1. The lowest BCUT2D eigenvalue weighted by Crippen LogP contribution is -2.33. The summed E-state index contributed by atoms with van der Waals surface area (Å²) in [4.78, 5) is 0. The van der Waals surface area contributed by atoms with E-state index in [0.29, 0.717) is 12.0 Å². The molecule has 0 amide bonds. The third kappa shape index (κ3) is 2.79. The summed E-state index contributed by atoms with van der Waals surface area (Å²) in [5, 5.41) is 6.31. The zero-order valence-electron chi connectivity index (χ0n) is 12.2. The van der Waals surface area contributed by atoms with Crippen molar-refractivity contribution >= 4 is 22.0 Å². The molecule has 0 spiro atoms. The van der Waals surface area contributed by atoms with E-state index in [2.05, 4.69) is 0 Å². The standard InChI is InChI=1S/C15H20FNO2S/c1-9(8-15(3,4)20(17)18)14-10(2)12-7-11(16)5-6-13(12)19-14/h5-7,9H,8,17H2,1-4H3/t9-,20?/m1/s1. The van der Waals surface area contributed by atoms with Gasteiger partial charge in [0, 0.05) is 11.3 Å². The van der Waals surface area contributed by atoms with Crippen LogP contribution in [0.25, 0.3) is 11.0 Å². The number of aryl methyl sites for hydroxylation is 1. The van der Waals surface area contributed by atoms with Crippen LogP contribution in [0.1, 0.15) is 44.4 Å². The molecule has 1 unspecified atom stereocenters. The molecule has 2 aromatic rings. The highest BCUT2D eigenvalue weighted by atomic mass is 32.2. The summed E-state index contributed by atoms with van der Waals surface area (Å²) in [6.45, 7) is 7.67. The van der Waals surface area contributed by atoms with Gasteiger partial charge in [-0.05, 0) is 51.0 Å². The average Bonchev–Trinajstić information content (AvgIpc) is 2.66. The molecule has 0 saturated carbocycles. The Morgan fingerprint density at radius 1 is 1.45 bits per heavy atom. The average molecular weight is 297 g/mol. The van der Waals surface area contributed by atoms with Gasteiger partial charge in [0.15, 0.2) is 0 Å². The summed E-state index contributed by atoms with van der Waals surface area (Å²) in [5.74, 6) is 0.598. The van der Waals surface area contributed by atoms with Crippen molar-refractivity contribution in [3.63, 3.8) is 0 Å². The Hall–Kier alpha value is -1.20. The summed E-state index contributed by atoms with van der Waals surface area (Å²) in [5.41, 5.74) is 1.61. The Balaban J connectivity index is 2.38. The van der Waals surface area contributed by atoms with Crippen LogP contribution in [0, 0.1) is 12.7 Å². The number of hydrogen-bond acceptors (Lipinski definition) is 2. The Kier molecular flexibility index (Phi) is 4.02. The van der Waals surface area contributed by atoms with Gasteiger partial charge in [-0.25, -0.2) is 8.60 Å². The lowest BCUT2D eigenvalue weighted by molar-refractivity contribution is 0.452. The first-order valence-electron chi connectivity index (χ1n) is 6.57. The van der Waals surface area contributed by atoms with Crippen LogP contribution in [0.4, 0.5) is 4.39 Å². The van der Waals surface area contributed by atoms with Crippen LogP contribution >= 0.6 is 0 Å². The second-order valence-electron chi connectivity index (χ2n) is 5.89. The van der Waals surface area contributed by atoms with Crippen LogP contribution in [0.5, 0.6) is 0 Å². The van der Waals surface area contributed by atoms with Crippen molar-refractivity contribution < 1.29 is 13.0 Å². The molecule has 1 aromatic heterocycles. The maximum atomic E-state index is 13.3. The highest BCUT2D eigenvalue weighted by Crippen LogP contribution is 2.35. The third-order valence-electron chi connectivity index (χ3n) is 3.73. The first kappa shape index (κ1) is 15.2. The van der Waals surface area contributed by atoms with E-state index in [1.54, 1.807) is 6.07 Å². The van der Waals surface area contributed by atoms with Gasteiger partial charge in [0.05, 0.1) is 15.7 Å². The van der Waals surface area contributed by atoms with Crippen LogP contribution in [0.2, 0.25) is 0 Å². The van der Waals surface area contributed by atoms with E-state index in [1.807, 2.05) is 27.7 Å². The van der Waals surface area contributed by atoms with E-state index in [9.17, 15) is 8.60 Å². The predicted molar refractivity (Wildman–Crippen MR) is 80.3 cm³/mol. The molecule has 0 aliphatic carbocycles. The van der Waals surface area contributed by atoms with Gasteiger partial charge >= 0.3 is 0 Å². The fraction of sp³-hybridized carbons (Fsp3) is 0.467. The molecular formula is C15H20FNO2S. The number of benzene rings is 1. The molecule has 2 atom stereocenters. The molecule has 0 aliphatic heterocycles. The molecule has 0 radical (unpaired) electrons. The van der Waals surface area contributed by atoms with Crippen molar-refractivity contribution in [3.05, 3.63) is 35.3 Å². The first-order chi connectivity index (χ1) is 9.22. The topological polar surface area (TPSA) is 56.2 Å². The Bertz CT molecular complexity index is 663. The minimum atomic E-state index is -1.40. The minimum Gasteiger partial charge on any atom is -0.461 e. The number of nitrogens with two attached hydrogens (primary N) is 1. The van der Waals surface area contributed by atoms with E-state index < -0.39 is 15.7 Å². The maximum Gasteiger partial charge on any atom is 0.134 e. The SMILES string of the molecule is Cc1c([C@H](C)CC(C)(C)S(N)=O)oc2ccc(F)cc12. The molecule has 0 bridgehead atoms. The van der Waals surface area contributed by atoms with E-state index in [4.69, 9.17) is 9.56 Å². The van der Waals surface area contributed by atoms with Crippen LogP contribution in [0.15, 0.2) is 22.6 Å². The zero-order chi connectivity index (χ0) is 15.1. The number of hydrogen-bond donors (Lipinski definition) is 1. The number of rotatable bonds is 4. The Morgan fingerprint density at radius 3 is 2.70 bits per heavy atom. The molecular weight excluding hydrogens is 277 g/mol. The molecule has 2 N–H and O–H groups in total. The lowest BCUT2D eigenvalue weighted by Gasteiger charge is -2.24. The summed E-state index contributed by atoms with van der Waals surface area (Å²) in [7, 11) is -1.40. The highest BCUT2D eigenvalue weighted by molar-refractivity contribution is 7.84. The summed E-state index contributed by atoms with van der Waals surface area (Å²) >= 11 is 0. The fourth-order valence-corrected chi connectivity index (χ4v) is 3.01. The first-order valence-corrected chi connectivity index (χ1v) is 7.78. The van der Waals surface area contributed by atoms with Gasteiger partial charge in [-0.3, -0.25) is 5.14 Å². The minimum absolute atomic E-state index is 0.0629. The Labute approximate surface area is 120 Å². The summed E-state index contributed by atoms with van der Waals surface area (Å²) in [6.07, 6.45) is 0.638. The molecule has 20 heavy (non-hydrogen) atoms. The van der Waals surface area contributed by atoms with Gasteiger partial charge < -0.3 is 4.42 Å². The molecule has 1 heterocycles. The van der Waals surface area contributed by atoms with Crippen molar-refractivity contribution in [2.24, 2.45) is 5.14 Å². The number of halogens is 1. The van der Waals surface area contributed by atoms with Crippen LogP contribution < -0.4 is 5.14 Å². The Morgan fingerprint density at radius 2 is 2.10 bits per heavy atom. The van der Waals surface area contributed by atoms with Gasteiger partial charge in [0.25, 0.3) is 0 Å². The van der Waals surface area contributed by atoms with Crippen LogP contribution in [-0.4, -0.2) is 8.96 Å². The lowest BCUT2D eigenvalue weighted by atomic mass is 9.93. The van der Waals surface area contributed by atoms with Crippen molar-refractivity contribution in [3.8, 4) is 0 Å². The van der Waals surface area contributed by atoms with E-state index in [-0.39, 0.29) is 11.7 Å². The molecule has 5 heteroatoms. The zero-order valence-corrected chi connectivity index (χ0v) is 13.0. The monoisotopic (exact) mass is 297 g/mol. The highest BCUT2D eigenvalue weighted by Gasteiger charge is 2.29. The quantitative estimate of drug-likeness (QED) is 0.933. The van der Waals surface area contributed by atoms with Gasteiger partial charge in [-0.2, -0.15) is 0 Å². The second-order valence-corrected chi connectivity index (χ2v) is 7.59. The van der Waals surface area contributed by atoms with Crippen molar-refractivity contribution in [2.45, 2.75) is 44.8 Å². The molecule has 0 fully saturated rings. The maximum absolute atomic E-state index is 13.3. The predicted octanol–water partition coefficient (Wildman–Crippen LogP) is 3.77. The normalized spacial score (nSPS) is 15.5. The van der Waals surface area contributed by atoms with Crippen molar-refractivity contribution in [1.29, 1.82) is 0 Å². The summed E-state index contributed by atoms with van der Waals surface area (Å²) in [6, 6.07) is 4.51. The third-order valence-corrected chi connectivity index (χ3v) is 4.98. The molecule has 1 aromatic carbocycles. The van der Waals surface area contributed by atoms with E-state index >= 15 is 0 Å².